The summed E-state index contributed by atoms with van der Waals surface area (Å²) in [6.07, 6.45) is 1.85. The van der Waals surface area contributed by atoms with E-state index < -0.39 is 7.12 Å². The lowest BCUT2D eigenvalue weighted by molar-refractivity contribution is 0.315. The average molecular weight is 210 g/mol. The van der Waals surface area contributed by atoms with Gasteiger partial charge in [-0.25, -0.2) is 0 Å². The molecule has 1 aliphatic rings. The van der Waals surface area contributed by atoms with E-state index in [1.165, 1.54) is 0 Å². The van der Waals surface area contributed by atoms with Gasteiger partial charge in [-0.1, -0.05) is 28.7 Å². The molecule has 2 nitrogen and oxygen atoms in total. The Labute approximate surface area is 55.8 Å². The number of halogens is 1. The van der Waals surface area contributed by atoms with Crippen LogP contribution in [0.25, 0.3) is 0 Å². The third-order valence-corrected chi connectivity index (χ3v) is 1.74. The molecular weight excluding hydrogens is 206 g/mol. The SMILES string of the molecule is OB1OCC=C1I. The first-order chi connectivity index (χ1) is 3.30. The van der Waals surface area contributed by atoms with E-state index in [2.05, 4.69) is 0 Å². The molecule has 1 heterocycles. The van der Waals surface area contributed by atoms with Crippen molar-refractivity contribution < 1.29 is 9.68 Å². The van der Waals surface area contributed by atoms with Gasteiger partial charge in [-0.2, -0.15) is 0 Å². The molecule has 0 spiro atoms. The van der Waals surface area contributed by atoms with Crippen molar-refractivity contribution in [1.29, 1.82) is 0 Å². The monoisotopic (exact) mass is 210 g/mol. The first-order valence-corrected chi connectivity index (χ1v) is 3.04. The second-order valence-corrected chi connectivity index (χ2v) is 2.52. The Kier molecular flexibility index (Phi) is 1.72. The van der Waals surface area contributed by atoms with Crippen molar-refractivity contribution in [3.63, 3.8) is 0 Å². The van der Waals surface area contributed by atoms with E-state index in [0.29, 0.717) is 6.61 Å². The number of hydrogen-bond acceptors (Lipinski definition) is 2. The molecule has 0 saturated heterocycles. The van der Waals surface area contributed by atoms with Crippen LogP contribution < -0.4 is 0 Å². The minimum atomic E-state index is -0.638. The second-order valence-electron chi connectivity index (χ2n) is 1.27. The van der Waals surface area contributed by atoms with Gasteiger partial charge in [-0.3, -0.25) is 0 Å². The molecule has 0 saturated carbocycles. The fourth-order valence-corrected chi connectivity index (χ4v) is 0.759. The summed E-state index contributed by atoms with van der Waals surface area (Å²) in [6, 6.07) is 0. The van der Waals surface area contributed by atoms with Crippen molar-refractivity contribution in [2.45, 2.75) is 0 Å². The van der Waals surface area contributed by atoms with Crippen LogP contribution in [0.4, 0.5) is 0 Å². The van der Waals surface area contributed by atoms with Crippen LogP contribution in [0.1, 0.15) is 0 Å². The molecule has 4 heteroatoms. The molecule has 1 N–H and O–H groups in total. The highest BCUT2D eigenvalue weighted by Gasteiger charge is 2.20. The molecule has 0 aromatic heterocycles. The highest BCUT2D eigenvalue weighted by atomic mass is 127. The average Bonchev–Trinajstić information content (AvgIpc) is 1.91. The maximum absolute atomic E-state index is 8.70. The van der Waals surface area contributed by atoms with Crippen molar-refractivity contribution in [2.24, 2.45) is 0 Å². The lowest BCUT2D eigenvalue weighted by Gasteiger charge is -1.91. The van der Waals surface area contributed by atoms with Gasteiger partial charge in [0.05, 0.1) is 6.61 Å². The molecule has 0 fully saturated rings. The smallest absolute Gasteiger partial charge is 0.423 e. The summed E-state index contributed by atoms with van der Waals surface area (Å²) in [5.41, 5.74) is 0. The van der Waals surface area contributed by atoms with Gasteiger partial charge < -0.3 is 9.68 Å². The van der Waals surface area contributed by atoms with Crippen LogP contribution in [0, 0.1) is 0 Å². The molecule has 0 bridgehead atoms. The maximum atomic E-state index is 8.70. The van der Waals surface area contributed by atoms with E-state index in [1.54, 1.807) is 0 Å². The largest absolute Gasteiger partial charge is 0.497 e. The van der Waals surface area contributed by atoms with Gasteiger partial charge in [0.2, 0.25) is 0 Å². The van der Waals surface area contributed by atoms with Crippen LogP contribution in [0.2, 0.25) is 0 Å². The fraction of sp³-hybridized carbons (Fsp3) is 0.333. The van der Waals surface area contributed by atoms with Gasteiger partial charge >= 0.3 is 7.12 Å². The Bertz CT molecular complexity index is 103. The summed E-state index contributed by atoms with van der Waals surface area (Å²) in [4.78, 5) is 0. The van der Waals surface area contributed by atoms with E-state index >= 15 is 0 Å². The van der Waals surface area contributed by atoms with Gasteiger partial charge in [0.1, 0.15) is 0 Å². The van der Waals surface area contributed by atoms with Crippen molar-refractivity contribution in [3.8, 4) is 0 Å². The van der Waals surface area contributed by atoms with E-state index in [-0.39, 0.29) is 0 Å². The third kappa shape index (κ3) is 1.17. The molecular formula is C3H4BIO2. The topological polar surface area (TPSA) is 29.5 Å². The summed E-state index contributed by atoms with van der Waals surface area (Å²) in [6.45, 7) is 0.555. The first-order valence-electron chi connectivity index (χ1n) is 1.96. The standard InChI is InChI=1S/C3H4BIO2/c5-3-1-2-7-4(3)6/h1,6H,2H2. The Morgan fingerprint density at radius 3 is 2.86 bits per heavy atom. The molecule has 0 unspecified atom stereocenters. The second kappa shape index (κ2) is 2.15. The Morgan fingerprint density at radius 1 is 2.00 bits per heavy atom. The number of rotatable bonds is 0. The summed E-state index contributed by atoms with van der Waals surface area (Å²) in [5.74, 6) is 0. The maximum Gasteiger partial charge on any atom is 0.497 e. The van der Waals surface area contributed by atoms with E-state index in [0.717, 1.165) is 3.48 Å². The van der Waals surface area contributed by atoms with Gasteiger partial charge in [-0.15, -0.1) is 0 Å². The third-order valence-electron chi connectivity index (χ3n) is 0.768. The molecule has 0 atom stereocenters. The summed E-state index contributed by atoms with van der Waals surface area (Å²) in [7, 11) is -0.638. The molecule has 1 aliphatic heterocycles. The van der Waals surface area contributed by atoms with Crippen LogP contribution in [0.3, 0.4) is 0 Å². The highest BCUT2D eigenvalue weighted by molar-refractivity contribution is 14.1. The summed E-state index contributed by atoms with van der Waals surface area (Å²) in [5, 5.41) is 8.70. The lowest BCUT2D eigenvalue weighted by atomic mass is 9.94. The van der Waals surface area contributed by atoms with Crippen molar-refractivity contribution in [2.75, 3.05) is 6.61 Å². The molecule has 1 rings (SSSR count). The van der Waals surface area contributed by atoms with Gasteiger partial charge in [0, 0.05) is 3.48 Å². The first kappa shape index (κ1) is 5.59. The summed E-state index contributed by atoms with van der Waals surface area (Å²) < 4.78 is 5.61. The van der Waals surface area contributed by atoms with E-state index in [9.17, 15) is 0 Å². The molecule has 0 aromatic rings. The van der Waals surface area contributed by atoms with Crippen LogP contribution >= 0.6 is 22.6 Å². The molecule has 7 heavy (non-hydrogen) atoms. The van der Waals surface area contributed by atoms with Crippen LogP contribution in [-0.4, -0.2) is 18.7 Å². The minimum absolute atomic E-state index is 0.555. The Morgan fingerprint density at radius 2 is 2.71 bits per heavy atom. The van der Waals surface area contributed by atoms with Gasteiger partial charge in [-0.05, 0) is 0 Å². The zero-order chi connectivity index (χ0) is 5.28. The molecule has 0 aromatic carbocycles. The Balaban J connectivity index is 2.54. The Hall–Kier alpha value is 0.455. The zero-order valence-electron chi connectivity index (χ0n) is 3.60. The van der Waals surface area contributed by atoms with Crippen LogP contribution in [0.5, 0.6) is 0 Å². The minimum Gasteiger partial charge on any atom is -0.423 e. The van der Waals surface area contributed by atoms with Crippen LogP contribution in [-0.2, 0) is 4.65 Å². The molecule has 0 amide bonds. The van der Waals surface area contributed by atoms with E-state index in [1.807, 2.05) is 28.7 Å². The quantitative estimate of drug-likeness (QED) is 0.461. The predicted octanol–water partition coefficient (Wildman–Crippen LogP) is 0.355. The lowest BCUT2D eigenvalue weighted by Crippen LogP contribution is -2.11. The molecule has 0 radical (unpaired) electrons. The van der Waals surface area contributed by atoms with E-state index in [4.69, 9.17) is 9.68 Å². The zero-order valence-corrected chi connectivity index (χ0v) is 5.75. The highest BCUT2D eigenvalue weighted by Crippen LogP contribution is 2.14. The number of hydrogen-bond donors (Lipinski definition) is 1. The van der Waals surface area contributed by atoms with Gasteiger partial charge in [0.25, 0.3) is 0 Å². The molecule has 0 aliphatic carbocycles. The van der Waals surface area contributed by atoms with Crippen LogP contribution in [0.15, 0.2) is 9.56 Å². The van der Waals surface area contributed by atoms with Crippen molar-refractivity contribution in [1.82, 2.24) is 0 Å². The normalized spacial score (nSPS) is 20.3. The van der Waals surface area contributed by atoms with Crippen molar-refractivity contribution in [3.05, 3.63) is 9.56 Å². The fourth-order valence-electron chi connectivity index (χ4n) is 0.399. The van der Waals surface area contributed by atoms with Crippen molar-refractivity contribution >= 4 is 29.7 Å². The predicted molar refractivity (Wildman–Crippen MR) is 36.0 cm³/mol. The molecule has 38 valence electrons. The van der Waals surface area contributed by atoms with Gasteiger partial charge in [0.15, 0.2) is 0 Å². The summed E-state index contributed by atoms with van der Waals surface area (Å²) >= 11 is 2.04.